The molecule has 1 aliphatic heterocycles. The predicted octanol–water partition coefficient (Wildman–Crippen LogP) is 2.48. The van der Waals surface area contributed by atoms with Gasteiger partial charge in [0.05, 0.1) is 18.4 Å². The molecule has 33 heavy (non-hydrogen) atoms. The van der Waals surface area contributed by atoms with Gasteiger partial charge >= 0.3 is 0 Å². The standard InChI is InChI=1S/C25H32N4O4/c1-17(2)22(25(32)29-15-13-28(3)14-16-29)27-24(31)20-7-5-6-8-21(20)26-23(30)18-9-11-19(33-4)12-10-18/h5-12,17,22H,13-16H2,1-4H3,(H,26,30)(H,27,31)/t22-/m0/s1. The molecule has 2 aromatic carbocycles. The van der Waals surface area contributed by atoms with E-state index in [1.807, 2.05) is 25.8 Å². The van der Waals surface area contributed by atoms with Crippen LogP contribution in [0.5, 0.6) is 5.75 Å². The number of likely N-dealkylation sites (N-methyl/N-ethyl adjacent to an activating group) is 1. The number of ether oxygens (including phenoxy) is 1. The summed E-state index contributed by atoms with van der Waals surface area (Å²) >= 11 is 0. The molecule has 0 aliphatic carbocycles. The first-order valence-corrected chi connectivity index (χ1v) is 11.1. The molecule has 0 bridgehead atoms. The molecule has 3 rings (SSSR count). The number of hydrogen-bond donors (Lipinski definition) is 2. The normalized spacial score (nSPS) is 15.1. The van der Waals surface area contributed by atoms with Gasteiger partial charge in [-0.25, -0.2) is 0 Å². The zero-order valence-corrected chi connectivity index (χ0v) is 19.6. The van der Waals surface area contributed by atoms with Crippen molar-refractivity contribution in [3.63, 3.8) is 0 Å². The summed E-state index contributed by atoms with van der Waals surface area (Å²) in [6, 6.07) is 12.8. The minimum absolute atomic E-state index is 0.0776. The molecule has 0 spiro atoms. The molecule has 8 heteroatoms. The van der Waals surface area contributed by atoms with E-state index in [1.165, 1.54) is 0 Å². The van der Waals surface area contributed by atoms with Crippen molar-refractivity contribution in [2.45, 2.75) is 19.9 Å². The van der Waals surface area contributed by atoms with Crippen LogP contribution in [-0.4, -0.2) is 73.9 Å². The topological polar surface area (TPSA) is 91.0 Å². The molecule has 0 unspecified atom stereocenters. The van der Waals surface area contributed by atoms with Crippen LogP contribution in [0.3, 0.4) is 0 Å². The van der Waals surface area contributed by atoms with Gasteiger partial charge in [0, 0.05) is 31.7 Å². The van der Waals surface area contributed by atoms with Gasteiger partial charge in [0.25, 0.3) is 11.8 Å². The average Bonchev–Trinajstić information content (AvgIpc) is 2.82. The van der Waals surface area contributed by atoms with E-state index in [0.29, 0.717) is 35.7 Å². The summed E-state index contributed by atoms with van der Waals surface area (Å²) in [5.41, 5.74) is 1.12. The van der Waals surface area contributed by atoms with Crippen LogP contribution in [0.2, 0.25) is 0 Å². The lowest BCUT2D eigenvalue weighted by Crippen LogP contribution is -2.55. The second-order valence-corrected chi connectivity index (χ2v) is 8.55. The molecule has 176 valence electrons. The number of benzene rings is 2. The molecular weight excluding hydrogens is 420 g/mol. The fourth-order valence-corrected chi connectivity index (χ4v) is 3.68. The van der Waals surface area contributed by atoms with E-state index in [9.17, 15) is 14.4 Å². The van der Waals surface area contributed by atoms with Gasteiger partial charge < -0.3 is 25.2 Å². The Labute approximate surface area is 194 Å². The molecule has 1 fully saturated rings. The molecule has 0 radical (unpaired) electrons. The number of anilines is 1. The van der Waals surface area contributed by atoms with Crippen LogP contribution in [0.1, 0.15) is 34.6 Å². The zero-order valence-electron chi connectivity index (χ0n) is 19.6. The molecule has 3 amide bonds. The van der Waals surface area contributed by atoms with E-state index in [4.69, 9.17) is 4.74 Å². The molecule has 0 saturated carbocycles. The minimum Gasteiger partial charge on any atom is -0.497 e. The van der Waals surface area contributed by atoms with Crippen molar-refractivity contribution >= 4 is 23.4 Å². The number of nitrogens with zero attached hydrogens (tertiary/aromatic N) is 2. The van der Waals surface area contributed by atoms with E-state index in [-0.39, 0.29) is 17.7 Å². The Morgan fingerprint density at radius 3 is 2.15 bits per heavy atom. The van der Waals surface area contributed by atoms with E-state index in [1.54, 1.807) is 55.6 Å². The maximum Gasteiger partial charge on any atom is 0.255 e. The monoisotopic (exact) mass is 452 g/mol. The molecular formula is C25H32N4O4. The van der Waals surface area contributed by atoms with Gasteiger partial charge in [-0.05, 0) is 49.4 Å². The molecule has 1 saturated heterocycles. The minimum atomic E-state index is -0.647. The smallest absolute Gasteiger partial charge is 0.255 e. The van der Waals surface area contributed by atoms with Gasteiger partial charge in [0.1, 0.15) is 11.8 Å². The SMILES string of the molecule is COc1ccc(C(=O)Nc2ccccc2C(=O)N[C@H](C(=O)N2CCN(C)CC2)C(C)C)cc1. The van der Waals surface area contributed by atoms with Crippen molar-refractivity contribution < 1.29 is 19.1 Å². The van der Waals surface area contributed by atoms with Gasteiger partial charge in [0.15, 0.2) is 0 Å². The van der Waals surface area contributed by atoms with Crippen molar-refractivity contribution in [3.8, 4) is 5.75 Å². The van der Waals surface area contributed by atoms with Crippen LogP contribution in [0.15, 0.2) is 48.5 Å². The number of carbonyl (C=O) groups excluding carboxylic acids is 3. The van der Waals surface area contributed by atoms with Crippen LogP contribution < -0.4 is 15.4 Å². The van der Waals surface area contributed by atoms with Crippen molar-refractivity contribution in [1.29, 1.82) is 0 Å². The number of piperazine rings is 1. The van der Waals surface area contributed by atoms with Gasteiger partial charge in [-0.3, -0.25) is 14.4 Å². The number of para-hydroxylation sites is 1. The first-order valence-electron chi connectivity index (χ1n) is 11.1. The summed E-state index contributed by atoms with van der Waals surface area (Å²) < 4.78 is 5.12. The van der Waals surface area contributed by atoms with E-state index < -0.39 is 11.9 Å². The molecule has 8 nitrogen and oxygen atoms in total. The second kappa shape index (κ2) is 11.0. The molecule has 0 aromatic heterocycles. The van der Waals surface area contributed by atoms with Crippen molar-refractivity contribution in [3.05, 3.63) is 59.7 Å². The van der Waals surface area contributed by atoms with Crippen molar-refractivity contribution in [2.75, 3.05) is 45.7 Å². The van der Waals surface area contributed by atoms with E-state index >= 15 is 0 Å². The highest BCUT2D eigenvalue weighted by Crippen LogP contribution is 2.19. The average molecular weight is 453 g/mol. The number of amides is 3. The van der Waals surface area contributed by atoms with Gasteiger partial charge in [0.2, 0.25) is 5.91 Å². The Bertz CT molecular complexity index is 982. The summed E-state index contributed by atoms with van der Waals surface area (Å²) in [4.78, 5) is 43.0. The number of rotatable bonds is 7. The van der Waals surface area contributed by atoms with E-state index in [2.05, 4.69) is 15.5 Å². The van der Waals surface area contributed by atoms with Crippen molar-refractivity contribution in [2.24, 2.45) is 5.92 Å². The number of hydrogen-bond acceptors (Lipinski definition) is 5. The number of nitrogens with one attached hydrogen (secondary N) is 2. The Balaban J connectivity index is 1.73. The number of carbonyl (C=O) groups is 3. The first kappa shape index (κ1) is 24.3. The Kier molecular flexibility index (Phi) is 8.06. The highest BCUT2D eigenvalue weighted by Gasteiger charge is 2.31. The Hall–Kier alpha value is -3.39. The van der Waals surface area contributed by atoms with Gasteiger partial charge in [-0.15, -0.1) is 0 Å². The van der Waals surface area contributed by atoms with Crippen LogP contribution in [0, 0.1) is 5.92 Å². The molecule has 1 heterocycles. The molecule has 2 aromatic rings. The van der Waals surface area contributed by atoms with Crippen LogP contribution in [0.25, 0.3) is 0 Å². The molecule has 1 aliphatic rings. The predicted molar refractivity (Wildman–Crippen MR) is 128 cm³/mol. The van der Waals surface area contributed by atoms with Crippen LogP contribution in [-0.2, 0) is 4.79 Å². The largest absolute Gasteiger partial charge is 0.497 e. The summed E-state index contributed by atoms with van der Waals surface area (Å²) in [7, 11) is 3.59. The summed E-state index contributed by atoms with van der Waals surface area (Å²) in [5, 5.41) is 5.70. The maximum absolute atomic E-state index is 13.2. The summed E-state index contributed by atoms with van der Waals surface area (Å²) in [5.74, 6) is -0.252. The highest BCUT2D eigenvalue weighted by molar-refractivity contribution is 6.09. The maximum atomic E-state index is 13.2. The third-order valence-corrected chi connectivity index (χ3v) is 5.81. The lowest BCUT2D eigenvalue weighted by molar-refractivity contribution is -0.135. The van der Waals surface area contributed by atoms with Crippen LogP contribution in [0.4, 0.5) is 5.69 Å². The molecule has 2 N–H and O–H groups in total. The van der Waals surface area contributed by atoms with Crippen LogP contribution >= 0.6 is 0 Å². The quantitative estimate of drug-likeness (QED) is 0.674. The third-order valence-electron chi connectivity index (χ3n) is 5.81. The lowest BCUT2D eigenvalue weighted by Gasteiger charge is -2.35. The fraction of sp³-hybridized carbons (Fsp3) is 0.400. The third kappa shape index (κ3) is 6.10. The Morgan fingerprint density at radius 2 is 1.55 bits per heavy atom. The Morgan fingerprint density at radius 1 is 0.909 bits per heavy atom. The first-order chi connectivity index (χ1) is 15.8. The van der Waals surface area contributed by atoms with E-state index in [0.717, 1.165) is 13.1 Å². The van der Waals surface area contributed by atoms with Crippen molar-refractivity contribution in [1.82, 2.24) is 15.1 Å². The lowest BCUT2D eigenvalue weighted by atomic mass is 10.0. The molecule has 1 atom stereocenters. The second-order valence-electron chi connectivity index (χ2n) is 8.55. The highest BCUT2D eigenvalue weighted by atomic mass is 16.5. The van der Waals surface area contributed by atoms with Gasteiger partial charge in [-0.1, -0.05) is 26.0 Å². The summed E-state index contributed by atoms with van der Waals surface area (Å²) in [6.45, 7) is 6.73. The fourth-order valence-electron chi connectivity index (χ4n) is 3.68. The zero-order chi connectivity index (χ0) is 24.0. The van der Waals surface area contributed by atoms with Gasteiger partial charge in [-0.2, -0.15) is 0 Å². The number of methoxy groups -OCH3 is 1. The summed E-state index contributed by atoms with van der Waals surface area (Å²) in [6.07, 6.45) is 0.